The van der Waals surface area contributed by atoms with E-state index in [-0.39, 0.29) is 12.0 Å². The smallest absolute Gasteiger partial charge is 0.410 e. The number of carbonyl (C=O) groups excluding carboxylic acids is 1. The number of amides is 1. The number of fused-ring (bicyclic) bond motifs is 2. The highest BCUT2D eigenvalue weighted by atomic mass is 79.9. The highest BCUT2D eigenvalue weighted by Gasteiger charge is 2.26. The van der Waals surface area contributed by atoms with Crippen LogP contribution in [0.1, 0.15) is 75.9 Å². The Bertz CT molecular complexity index is 1540. The molecule has 1 amide bonds. The molecule has 210 valence electrons. The van der Waals surface area contributed by atoms with Crippen molar-refractivity contribution in [2.45, 2.75) is 65.5 Å². The second-order valence-electron chi connectivity index (χ2n) is 12.1. The lowest BCUT2D eigenvalue weighted by atomic mass is 9.90. The van der Waals surface area contributed by atoms with Gasteiger partial charge in [0.15, 0.2) is 0 Å². The molecule has 7 heteroatoms. The quantitative estimate of drug-likeness (QED) is 0.232. The molecule has 1 aliphatic rings. The molecule has 0 aliphatic carbocycles. The van der Waals surface area contributed by atoms with Crippen LogP contribution in [0.25, 0.3) is 21.8 Å². The monoisotopic (exact) mass is 602 g/mol. The van der Waals surface area contributed by atoms with Crippen LogP contribution in [-0.2, 0) is 11.3 Å². The number of aromatic nitrogens is 2. The Morgan fingerprint density at radius 1 is 0.925 bits per heavy atom. The van der Waals surface area contributed by atoms with Gasteiger partial charge in [0.25, 0.3) is 0 Å². The van der Waals surface area contributed by atoms with Gasteiger partial charge in [0.1, 0.15) is 5.60 Å². The fourth-order valence-corrected chi connectivity index (χ4v) is 5.81. The van der Waals surface area contributed by atoms with Gasteiger partial charge in [0.05, 0.1) is 11.0 Å². The van der Waals surface area contributed by atoms with Crippen LogP contribution in [0.15, 0.2) is 59.1 Å². The van der Waals surface area contributed by atoms with Crippen molar-refractivity contribution >= 4 is 43.8 Å². The van der Waals surface area contributed by atoms with Crippen molar-refractivity contribution in [3.63, 3.8) is 0 Å². The molecule has 2 aromatic heterocycles. The number of hydrogen-bond donors (Lipinski definition) is 0. The van der Waals surface area contributed by atoms with Crippen LogP contribution in [-0.4, -0.2) is 57.6 Å². The third kappa shape index (κ3) is 6.16. The fraction of sp³-hybridized carbons (Fsp3) is 0.424. The molecule has 0 N–H and O–H groups in total. The van der Waals surface area contributed by atoms with Gasteiger partial charge in [0.2, 0.25) is 0 Å². The van der Waals surface area contributed by atoms with Gasteiger partial charge in [-0.1, -0.05) is 51.1 Å². The summed E-state index contributed by atoms with van der Waals surface area (Å²) in [5.41, 5.74) is 6.19. The zero-order valence-corrected chi connectivity index (χ0v) is 26.0. The van der Waals surface area contributed by atoms with E-state index < -0.39 is 5.60 Å². The molecule has 2 aromatic carbocycles. The van der Waals surface area contributed by atoms with E-state index in [2.05, 4.69) is 96.2 Å². The van der Waals surface area contributed by atoms with Crippen LogP contribution >= 0.6 is 15.9 Å². The first-order chi connectivity index (χ1) is 19.0. The van der Waals surface area contributed by atoms with Gasteiger partial charge in [-0.15, -0.1) is 0 Å². The number of hydrogen-bond acceptors (Lipinski definition) is 5. The number of para-hydroxylation sites is 2. The van der Waals surface area contributed by atoms with Crippen LogP contribution in [0, 0.1) is 0 Å². The Labute approximate surface area is 245 Å². The zero-order chi connectivity index (χ0) is 28.6. The summed E-state index contributed by atoms with van der Waals surface area (Å²) in [6, 6.07) is 19.3. The van der Waals surface area contributed by atoms with Crippen LogP contribution < -0.4 is 0 Å². The normalized spacial score (nSPS) is 15.7. The maximum atomic E-state index is 12.6. The molecule has 4 aromatic rings. The van der Waals surface area contributed by atoms with E-state index in [0.717, 1.165) is 51.9 Å². The molecule has 1 saturated heterocycles. The Morgan fingerprint density at radius 3 is 2.33 bits per heavy atom. The molecule has 5 rings (SSSR count). The average Bonchev–Trinajstić information content (AvgIpc) is 2.91. The van der Waals surface area contributed by atoms with Crippen molar-refractivity contribution in [3.05, 3.63) is 81.6 Å². The molecule has 0 bridgehead atoms. The molecular weight excluding hydrogens is 564 g/mol. The summed E-state index contributed by atoms with van der Waals surface area (Å²) in [5, 5.41) is 2.33. The van der Waals surface area contributed by atoms with Crippen LogP contribution in [0.4, 0.5) is 4.79 Å². The lowest BCUT2D eigenvalue weighted by Gasteiger charge is -2.35. The van der Waals surface area contributed by atoms with E-state index in [4.69, 9.17) is 14.7 Å². The molecule has 1 fully saturated rings. The maximum absolute atomic E-state index is 12.6. The molecule has 3 heterocycles. The van der Waals surface area contributed by atoms with E-state index in [0.29, 0.717) is 19.0 Å². The molecule has 0 saturated carbocycles. The minimum atomic E-state index is -0.483. The summed E-state index contributed by atoms with van der Waals surface area (Å²) >= 11 is 3.73. The second kappa shape index (κ2) is 11.5. The standard InChI is InChI=1S/C33H39BrN4O2/c1-21(2)29-19-26(25-11-9-12-27(34)31(25)36-29)22(3)30-18-23(24-10-7-8-13-28(24)35-30)20-37-14-16-38(17-15-37)32(39)40-33(4,5)6/h7-13,18-19,21-22H,14-17,20H2,1-6H3. The summed E-state index contributed by atoms with van der Waals surface area (Å²) < 4.78 is 6.60. The molecule has 0 radical (unpaired) electrons. The van der Waals surface area contributed by atoms with Gasteiger partial charge >= 0.3 is 6.09 Å². The summed E-state index contributed by atoms with van der Waals surface area (Å²) in [5.74, 6) is 0.409. The Morgan fingerprint density at radius 2 is 1.62 bits per heavy atom. The molecule has 1 unspecified atom stereocenters. The van der Waals surface area contributed by atoms with Gasteiger partial charge in [-0.05, 0) is 78.0 Å². The lowest BCUT2D eigenvalue weighted by molar-refractivity contribution is 0.0139. The first-order valence-corrected chi connectivity index (χ1v) is 15.0. The van der Waals surface area contributed by atoms with Gasteiger partial charge in [-0.2, -0.15) is 0 Å². The molecule has 6 nitrogen and oxygen atoms in total. The van der Waals surface area contributed by atoms with Gasteiger partial charge in [-0.3, -0.25) is 14.9 Å². The summed E-state index contributed by atoms with van der Waals surface area (Å²) in [4.78, 5) is 26.9. The Kier molecular flexibility index (Phi) is 8.16. The Hall–Kier alpha value is -3.03. The molecule has 0 spiro atoms. The van der Waals surface area contributed by atoms with Crippen LogP contribution in [0.2, 0.25) is 0 Å². The average molecular weight is 604 g/mol. The summed E-state index contributed by atoms with van der Waals surface area (Å²) in [7, 11) is 0. The molecular formula is C33H39BrN4O2. The number of rotatable bonds is 5. The van der Waals surface area contributed by atoms with Crippen molar-refractivity contribution in [2.24, 2.45) is 0 Å². The van der Waals surface area contributed by atoms with E-state index in [9.17, 15) is 4.79 Å². The first kappa shape index (κ1) is 28.5. The number of ether oxygens (including phenoxy) is 1. The summed E-state index contributed by atoms with van der Waals surface area (Å²) in [6.45, 7) is 16.1. The van der Waals surface area contributed by atoms with E-state index in [1.54, 1.807) is 0 Å². The summed E-state index contributed by atoms with van der Waals surface area (Å²) in [6.07, 6.45) is -0.227. The molecule has 40 heavy (non-hydrogen) atoms. The second-order valence-corrected chi connectivity index (χ2v) is 13.0. The fourth-order valence-electron chi connectivity index (χ4n) is 5.35. The number of piperazine rings is 1. The SMILES string of the molecule is CC(C)c1cc(C(C)c2cc(CN3CCN(C(=O)OC(C)(C)C)CC3)c3ccccc3n2)c2cccc(Br)c2n1. The highest BCUT2D eigenvalue weighted by Crippen LogP contribution is 2.35. The minimum Gasteiger partial charge on any atom is -0.444 e. The van der Waals surface area contributed by atoms with Crippen molar-refractivity contribution in [1.82, 2.24) is 19.8 Å². The number of benzene rings is 2. The zero-order valence-electron chi connectivity index (χ0n) is 24.4. The minimum absolute atomic E-state index is 0.0877. The number of nitrogens with zero attached hydrogens (tertiary/aromatic N) is 4. The van der Waals surface area contributed by atoms with Crippen LogP contribution in [0.3, 0.4) is 0 Å². The van der Waals surface area contributed by atoms with Crippen molar-refractivity contribution in [2.75, 3.05) is 26.2 Å². The number of pyridine rings is 2. The van der Waals surface area contributed by atoms with Gasteiger partial charge in [0, 0.05) is 65.3 Å². The largest absolute Gasteiger partial charge is 0.444 e. The third-order valence-corrected chi connectivity index (χ3v) is 8.22. The topological polar surface area (TPSA) is 58.6 Å². The van der Waals surface area contributed by atoms with Crippen molar-refractivity contribution in [3.8, 4) is 0 Å². The number of halogens is 1. The highest BCUT2D eigenvalue weighted by molar-refractivity contribution is 9.10. The lowest BCUT2D eigenvalue weighted by Crippen LogP contribution is -2.49. The molecule has 1 aliphatic heterocycles. The van der Waals surface area contributed by atoms with E-state index >= 15 is 0 Å². The van der Waals surface area contributed by atoms with Gasteiger partial charge < -0.3 is 9.64 Å². The predicted molar refractivity (Wildman–Crippen MR) is 166 cm³/mol. The number of carbonyl (C=O) groups is 1. The predicted octanol–water partition coefficient (Wildman–Crippen LogP) is 7.87. The maximum Gasteiger partial charge on any atom is 0.410 e. The van der Waals surface area contributed by atoms with Crippen molar-refractivity contribution in [1.29, 1.82) is 0 Å². The molecule has 1 atom stereocenters. The first-order valence-electron chi connectivity index (χ1n) is 14.2. The Balaban J connectivity index is 1.45. The van der Waals surface area contributed by atoms with Gasteiger partial charge in [-0.25, -0.2) is 4.79 Å². The third-order valence-electron chi connectivity index (χ3n) is 7.58. The van der Waals surface area contributed by atoms with Crippen LogP contribution in [0.5, 0.6) is 0 Å². The van der Waals surface area contributed by atoms with E-state index in [1.165, 1.54) is 16.5 Å². The van der Waals surface area contributed by atoms with Crippen molar-refractivity contribution < 1.29 is 9.53 Å². The van der Waals surface area contributed by atoms with E-state index in [1.807, 2.05) is 25.7 Å².